The van der Waals surface area contributed by atoms with Crippen molar-refractivity contribution in [1.29, 1.82) is 0 Å². The summed E-state index contributed by atoms with van der Waals surface area (Å²) >= 11 is 0. The lowest BCUT2D eigenvalue weighted by molar-refractivity contribution is 0.0699. The zero-order valence-corrected chi connectivity index (χ0v) is 12.7. The predicted octanol–water partition coefficient (Wildman–Crippen LogP) is 2.38. The Hall–Kier alpha value is -1.85. The Morgan fingerprint density at radius 2 is 2.00 bits per heavy atom. The molecular weight excluding hydrogens is 278 g/mol. The highest BCUT2D eigenvalue weighted by molar-refractivity contribution is 5.62. The van der Waals surface area contributed by atoms with E-state index in [2.05, 4.69) is 16.5 Å². The van der Waals surface area contributed by atoms with Crippen LogP contribution < -0.4 is 5.32 Å². The highest BCUT2D eigenvalue weighted by atomic mass is 16.5. The number of ether oxygens (including phenoxy) is 1. The molecule has 2 aromatic rings. The van der Waals surface area contributed by atoms with Crippen molar-refractivity contribution in [3.8, 4) is 11.3 Å². The lowest BCUT2D eigenvalue weighted by Crippen LogP contribution is -2.23. The average Bonchev–Trinajstić information content (AvgIpc) is 2.98. The third kappa shape index (κ3) is 3.67. The molecule has 0 aliphatic carbocycles. The Bertz CT molecular complexity index is 577. The maximum Gasteiger partial charge on any atom is 0.125 e. The molecule has 0 amide bonds. The summed E-state index contributed by atoms with van der Waals surface area (Å²) in [6.45, 7) is 3.23. The first-order valence-corrected chi connectivity index (χ1v) is 7.92. The number of nitrogens with one attached hydrogen (secondary N) is 1. The summed E-state index contributed by atoms with van der Waals surface area (Å²) in [5, 5.41) is 17.3. The molecule has 0 radical (unpaired) electrons. The van der Waals surface area contributed by atoms with Crippen molar-refractivity contribution in [2.45, 2.75) is 19.4 Å². The lowest BCUT2D eigenvalue weighted by Gasteiger charge is -2.22. The van der Waals surface area contributed by atoms with Gasteiger partial charge in [0.15, 0.2) is 0 Å². The van der Waals surface area contributed by atoms with E-state index in [0.29, 0.717) is 12.5 Å². The van der Waals surface area contributed by atoms with E-state index in [9.17, 15) is 5.11 Å². The smallest absolute Gasteiger partial charge is 0.125 e. The number of benzene rings is 1. The number of nitrogens with zero attached hydrogens (tertiary/aromatic N) is 2. The summed E-state index contributed by atoms with van der Waals surface area (Å²) in [6.07, 6.45) is 2.21. The third-order valence-electron chi connectivity index (χ3n) is 4.07. The van der Waals surface area contributed by atoms with Gasteiger partial charge in [-0.1, -0.05) is 30.3 Å². The fourth-order valence-corrected chi connectivity index (χ4v) is 2.77. The van der Waals surface area contributed by atoms with E-state index >= 15 is 0 Å². The topological polar surface area (TPSA) is 59.3 Å². The summed E-state index contributed by atoms with van der Waals surface area (Å²) in [4.78, 5) is 0. The first-order chi connectivity index (χ1) is 10.9. The van der Waals surface area contributed by atoms with E-state index in [4.69, 9.17) is 4.74 Å². The van der Waals surface area contributed by atoms with Gasteiger partial charge in [-0.15, -0.1) is 0 Å². The molecule has 0 atom stereocenters. The Kier molecular flexibility index (Phi) is 5.08. The molecule has 22 heavy (non-hydrogen) atoms. The molecule has 3 rings (SSSR count). The number of aromatic nitrogens is 2. The fraction of sp³-hybridized carbons (Fsp3) is 0.471. The van der Waals surface area contributed by atoms with Gasteiger partial charge in [0.05, 0.1) is 18.8 Å². The van der Waals surface area contributed by atoms with Crippen molar-refractivity contribution in [1.82, 2.24) is 9.78 Å². The number of anilines is 1. The molecule has 1 aromatic heterocycles. The molecule has 118 valence electrons. The normalized spacial score (nSPS) is 15.9. The number of rotatable bonds is 6. The molecule has 1 aliphatic rings. The van der Waals surface area contributed by atoms with Crippen LogP contribution in [0.1, 0.15) is 12.8 Å². The van der Waals surface area contributed by atoms with E-state index in [0.717, 1.165) is 49.7 Å². The number of aliphatic hydroxyl groups excluding tert-OH is 1. The molecule has 5 heteroatoms. The molecule has 1 aromatic carbocycles. The first-order valence-electron chi connectivity index (χ1n) is 7.92. The molecule has 2 heterocycles. The minimum Gasteiger partial charge on any atom is -0.394 e. The standard InChI is InChI=1S/C17H23N3O2/c21-9-8-20-17(18-13-14-6-10-22-11-7-14)12-16(19-20)15-4-2-1-3-5-15/h1-5,12,14,18,21H,6-11,13H2. The number of hydrogen-bond acceptors (Lipinski definition) is 4. The van der Waals surface area contributed by atoms with Gasteiger partial charge >= 0.3 is 0 Å². The molecule has 0 bridgehead atoms. The average molecular weight is 301 g/mol. The minimum atomic E-state index is 0.0852. The van der Waals surface area contributed by atoms with Gasteiger partial charge in [0.2, 0.25) is 0 Å². The van der Waals surface area contributed by atoms with Crippen LogP contribution in [0.15, 0.2) is 36.4 Å². The summed E-state index contributed by atoms with van der Waals surface area (Å²) in [7, 11) is 0. The van der Waals surface area contributed by atoms with Gasteiger partial charge < -0.3 is 15.2 Å². The molecule has 1 aliphatic heterocycles. The summed E-state index contributed by atoms with van der Waals surface area (Å²) in [5.41, 5.74) is 2.02. The van der Waals surface area contributed by atoms with Crippen LogP contribution in [0, 0.1) is 5.92 Å². The van der Waals surface area contributed by atoms with Crippen molar-refractivity contribution in [3.63, 3.8) is 0 Å². The Morgan fingerprint density at radius 1 is 1.23 bits per heavy atom. The summed E-state index contributed by atoms with van der Waals surface area (Å²) in [5.74, 6) is 1.62. The molecule has 5 nitrogen and oxygen atoms in total. The first kappa shape index (κ1) is 15.1. The maximum absolute atomic E-state index is 9.24. The van der Waals surface area contributed by atoms with Crippen molar-refractivity contribution < 1.29 is 9.84 Å². The Labute approximate surface area is 130 Å². The monoisotopic (exact) mass is 301 g/mol. The minimum absolute atomic E-state index is 0.0852. The van der Waals surface area contributed by atoms with Gasteiger partial charge in [-0.05, 0) is 18.8 Å². The maximum atomic E-state index is 9.24. The zero-order valence-electron chi connectivity index (χ0n) is 12.7. The van der Waals surface area contributed by atoms with E-state index in [1.165, 1.54) is 0 Å². The third-order valence-corrected chi connectivity index (χ3v) is 4.07. The van der Waals surface area contributed by atoms with Gasteiger partial charge in [-0.3, -0.25) is 0 Å². The SMILES string of the molecule is OCCn1nc(-c2ccccc2)cc1NCC1CCOCC1. The zero-order chi connectivity index (χ0) is 15.2. The van der Waals surface area contributed by atoms with Gasteiger partial charge in [-0.2, -0.15) is 5.10 Å². The van der Waals surface area contributed by atoms with E-state index in [-0.39, 0.29) is 6.61 Å². The second-order valence-corrected chi connectivity index (χ2v) is 5.66. The molecule has 0 spiro atoms. The number of hydrogen-bond donors (Lipinski definition) is 2. The van der Waals surface area contributed by atoms with Crippen molar-refractivity contribution in [3.05, 3.63) is 36.4 Å². The van der Waals surface area contributed by atoms with Gasteiger partial charge in [-0.25, -0.2) is 4.68 Å². The molecular formula is C17H23N3O2. The largest absolute Gasteiger partial charge is 0.394 e. The van der Waals surface area contributed by atoms with E-state index in [1.807, 2.05) is 35.0 Å². The highest BCUT2D eigenvalue weighted by Gasteiger charge is 2.15. The van der Waals surface area contributed by atoms with Gasteiger partial charge in [0.1, 0.15) is 5.82 Å². The Morgan fingerprint density at radius 3 is 2.73 bits per heavy atom. The van der Waals surface area contributed by atoms with Crippen molar-refractivity contribution >= 4 is 5.82 Å². The quantitative estimate of drug-likeness (QED) is 0.860. The lowest BCUT2D eigenvalue weighted by atomic mass is 10.0. The van der Waals surface area contributed by atoms with Crippen molar-refractivity contribution in [2.24, 2.45) is 5.92 Å². The van der Waals surface area contributed by atoms with Crippen LogP contribution in [-0.2, 0) is 11.3 Å². The van der Waals surface area contributed by atoms with Crippen LogP contribution in [0.2, 0.25) is 0 Å². The van der Waals surface area contributed by atoms with E-state index in [1.54, 1.807) is 0 Å². The second-order valence-electron chi connectivity index (χ2n) is 5.66. The molecule has 1 fully saturated rings. The van der Waals surface area contributed by atoms with Crippen LogP contribution >= 0.6 is 0 Å². The molecule has 1 saturated heterocycles. The second kappa shape index (κ2) is 7.42. The summed E-state index contributed by atoms with van der Waals surface area (Å²) in [6, 6.07) is 12.2. The fourth-order valence-electron chi connectivity index (χ4n) is 2.77. The molecule has 2 N–H and O–H groups in total. The van der Waals surface area contributed by atoms with Crippen LogP contribution in [0.3, 0.4) is 0 Å². The van der Waals surface area contributed by atoms with Crippen LogP contribution in [0.5, 0.6) is 0 Å². The van der Waals surface area contributed by atoms with Gasteiger partial charge in [0.25, 0.3) is 0 Å². The Balaban J connectivity index is 1.72. The summed E-state index contributed by atoms with van der Waals surface area (Å²) < 4.78 is 7.25. The number of aliphatic hydroxyl groups is 1. The highest BCUT2D eigenvalue weighted by Crippen LogP contribution is 2.23. The van der Waals surface area contributed by atoms with Crippen LogP contribution in [0.25, 0.3) is 11.3 Å². The van der Waals surface area contributed by atoms with E-state index < -0.39 is 0 Å². The van der Waals surface area contributed by atoms with Gasteiger partial charge in [0, 0.05) is 31.4 Å². The van der Waals surface area contributed by atoms with Crippen LogP contribution in [0.4, 0.5) is 5.82 Å². The predicted molar refractivity (Wildman–Crippen MR) is 86.8 cm³/mol. The van der Waals surface area contributed by atoms with Crippen molar-refractivity contribution in [2.75, 3.05) is 31.7 Å². The molecule has 0 unspecified atom stereocenters. The molecule has 0 saturated carbocycles. The van der Waals surface area contributed by atoms with Crippen LogP contribution in [-0.4, -0.2) is 41.3 Å².